The molecule has 4 aromatic rings. The molecule has 130 valence electrons. The minimum atomic E-state index is -0.330. The lowest BCUT2D eigenvalue weighted by Crippen LogP contribution is -2.12. The van der Waals surface area contributed by atoms with Crippen LogP contribution in [0.4, 0.5) is 5.69 Å². The Labute approximate surface area is 154 Å². The van der Waals surface area contributed by atoms with Crippen molar-refractivity contribution in [1.29, 1.82) is 5.26 Å². The van der Waals surface area contributed by atoms with E-state index in [1.165, 1.54) is 0 Å². The highest BCUT2D eigenvalue weighted by atomic mass is 16.5. The molecule has 0 fully saturated rings. The first-order chi connectivity index (χ1) is 13.2. The normalized spacial score (nSPS) is 10.3. The Balaban J connectivity index is 1.47. The number of hydrogen-bond acceptors (Lipinski definition) is 5. The fraction of sp³-hybridized carbons (Fsp3) is 0. The largest absolute Gasteiger partial charge is 0.456 e. The predicted molar refractivity (Wildman–Crippen MR) is 98.6 cm³/mol. The summed E-state index contributed by atoms with van der Waals surface area (Å²) in [7, 11) is 0. The third-order valence-corrected chi connectivity index (χ3v) is 3.82. The van der Waals surface area contributed by atoms with E-state index in [0.29, 0.717) is 28.5 Å². The third kappa shape index (κ3) is 3.45. The van der Waals surface area contributed by atoms with Crippen molar-refractivity contribution in [2.45, 2.75) is 0 Å². The average Bonchev–Trinajstić information content (AvgIpc) is 3.14. The number of hydrogen-bond donors (Lipinski definition) is 1. The smallest absolute Gasteiger partial charge is 0.275 e. The Morgan fingerprint density at radius 3 is 2.70 bits per heavy atom. The zero-order valence-corrected chi connectivity index (χ0v) is 14.0. The van der Waals surface area contributed by atoms with Crippen LogP contribution in [0.15, 0.2) is 73.2 Å². The van der Waals surface area contributed by atoms with Gasteiger partial charge in [0.05, 0.1) is 5.56 Å². The van der Waals surface area contributed by atoms with Crippen molar-refractivity contribution >= 4 is 17.4 Å². The van der Waals surface area contributed by atoms with Gasteiger partial charge in [0, 0.05) is 24.3 Å². The van der Waals surface area contributed by atoms with E-state index in [-0.39, 0.29) is 11.6 Å². The summed E-state index contributed by atoms with van der Waals surface area (Å²) in [5, 5.41) is 11.9. The second-order valence-corrected chi connectivity index (χ2v) is 5.64. The van der Waals surface area contributed by atoms with Crippen LogP contribution in [0.5, 0.6) is 11.5 Å². The van der Waals surface area contributed by atoms with Gasteiger partial charge in [-0.25, -0.2) is 9.97 Å². The lowest BCUT2D eigenvalue weighted by Gasteiger charge is -2.08. The summed E-state index contributed by atoms with van der Waals surface area (Å²) in [6, 6.07) is 17.7. The maximum Gasteiger partial charge on any atom is 0.275 e. The molecule has 0 radical (unpaired) electrons. The molecule has 7 nitrogen and oxygen atoms in total. The molecule has 0 atom stereocenters. The van der Waals surface area contributed by atoms with Gasteiger partial charge in [-0.05, 0) is 42.5 Å². The molecule has 1 N–H and O–H groups in total. The summed E-state index contributed by atoms with van der Waals surface area (Å²) in [4.78, 5) is 20.6. The van der Waals surface area contributed by atoms with E-state index in [2.05, 4.69) is 21.4 Å². The zero-order chi connectivity index (χ0) is 18.6. The van der Waals surface area contributed by atoms with E-state index in [1.807, 2.05) is 0 Å². The van der Waals surface area contributed by atoms with Crippen molar-refractivity contribution in [3.63, 3.8) is 0 Å². The summed E-state index contributed by atoms with van der Waals surface area (Å²) >= 11 is 0. The van der Waals surface area contributed by atoms with Crippen LogP contribution in [0.3, 0.4) is 0 Å². The Bertz CT molecular complexity index is 1130. The zero-order valence-electron chi connectivity index (χ0n) is 14.0. The quantitative estimate of drug-likeness (QED) is 0.603. The number of anilines is 1. The molecule has 2 aromatic carbocycles. The van der Waals surface area contributed by atoms with Gasteiger partial charge in [-0.1, -0.05) is 12.1 Å². The van der Waals surface area contributed by atoms with Crippen molar-refractivity contribution in [1.82, 2.24) is 14.4 Å². The Kier molecular flexibility index (Phi) is 4.21. The Morgan fingerprint density at radius 2 is 1.93 bits per heavy atom. The van der Waals surface area contributed by atoms with Crippen LogP contribution in [0, 0.1) is 11.3 Å². The number of rotatable bonds is 4. The number of aromatic nitrogens is 3. The number of fused-ring (bicyclic) bond motifs is 1. The highest BCUT2D eigenvalue weighted by Gasteiger charge is 2.11. The lowest BCUT2D eigenvalue weighted by molar-refractivity contribution is 0.102. The number of para-hydroxylation sites is 1. The van der Waals surface area contributed by atoms with E-state index in [4.69, 9.17) is 10.00 Å². The highest BCUT2D eigenvalue weighted by Crippen LogP contribution is 2.26. The number of nitrogens with zero attached hydrogens (tertiary/aromatic N) is 4. The molecule has 0 aliphatic carbocycles. The molecular weight excluding hydrogens is 342 g/mol. The van der Waals surface area contributed by atoms with E-state index in [0.717, 1.165) is 0 Å². The summed E-state index contributed by atoms with van der Waals surface area (Å²) in [5.41, 5.74) is 1.33. The molecule has 1 amide bonds. The van der Waals surface area contributed by atoms with E-state index < -0.39 is 0 Å². The fourth-order valence-electron chi connectivity index (χ4n) is 2.52. The molecule has 4 rings (SSSR count). The number of imidazole rings is 1. The second-order valence-electron chi connectivity index (χ2n) is 5.64. The summed E-state index contributed by atoms with van der Waals surface area (Å²) in [6.07, 6.45) is 5.01. The molecule has 27 heavy (non-hydrogen) atoms. The molecular formula is C20H13N5O2. The van der Waals surface area contributed by atoms with Crippen LogP contribution < -0.4 is 10.1 Å². The third-order valence-electron chi connectivity index (χ3n) is 3.82. The van der Waals surface area contributed by atoms with Crippen molar-refractivity contribution < 1.29 is 9.53 Å². The number of carbonyl (C=O) groups excluding carboxylic acids is 1. The molecule has 2 heterocycles. The van der Waals surface area contributed by atoms with Gasteiger partial charge in [0.2, 0.25) is 5.78 Å². The molecule has 0 spiro atoms. The maximum absolute atomic E-state index is 12.4. The summed E-state index contributed by atoms with van der Waals surface area (Å²) in [5.74, 6) is 1.17. The first-order valence-corrected chi connectivity index (χ1v) is 8.11. The number of amides is 1. The minimum Gasteiger partial charge on any atom is -0.456 e. The molecule has 0 saturated carbocycles. The first kappa shape index (κ1) is 16.3. The molecule has 0 saturated heterocycles. The van der Waals surface area contributed by atoms with Crippen LogP contribution in [0.1, 0.15) is 16.1 Å². The molecule has 2 aromatic heterocycles. The minimum absolute atomic E-state index is 0.275. The standard InChI is InChI=1S/C20H13N5O2/c21-12-14-4-1-2-5-18(14)27-16-8-6-15(7-9-16)23-19(26)17-13-25-11-3-10-22-20(25)24-17/h1-11,13H,(H,23,26). The molecule has 0 aliphatic heterocycles. The average molecular weight is 355 g/mol. The molecule has 0 aliphatic rings. The van der Waals surface area contributed by atoms with Gasteiger partial charge < -0.3 is 10.1 Å². The van der Waals surface area contributed by atoms with Crippen molar-refractivity contribution in [3.8, 4) is 17.6 Å². The van der Waals surface area contributed by atoms with Crippen molar-refractivity contribution in [3.05, 3.63) is 84.4 Å². The molecule has 7 heteroatoms. The second kappa shape index (κ2) is 6.98. The van der Waals surface area contributed by atoms with Gasteiger partial charge in [-0.15, -0.1) is 0 Å². The van der Waals surface area contributed by atoms with Crippen LogP contribution >= 0.6 is 0 Å². The van der Waals surface area contributed by atoms with Gasteiger partial charge in [-0.3, -0.25) is 9.20 Å². The number of ether oxygens (including phenoxy) is 1. The number of carbonyl (C=O) groups is 1. The highest BCUT2D eigenvalue weighted by molar-refractivity contribution is 6.03. The first-order valence-electron chi connectivity index (χ1n) is 8.11. The summed E-state index contributed by atoms with van der Waals surface area (Å²) < 4.78 is 7.40. The van der Waals surface area contributed by atoms with Crippen LogP contribution in [-0.2, 0) is 0 Å². The number of nitriles is 1. The van der Waals surface area contributed by atoms with Crippen LogP contribution in [0.2, 0.25) is 0 Å². The maximum atomic E-state index is 12.4. The lowest BCUT2D eigenvalue weighted by atomic mass is 10.2. The van der Waals surface area contributed by atoms with E-state index >= 15 is 0 Å². The van der Waals surface area contributed by atoms with Crippen LogP contribution in [0.25, 0.3) is 5.78 Å². The monoisotopic (exact) mass is 355 g/mol. The SMILES string of the molecule is N#Cc1ccccc1Oc1ccc(NC(=O)c2cn3cccnc3n2)cc1. The Morgan fingerprint density at radius 1 is 1.11 bits per heavy atom. The van der Waals surface area contributed by atoms with E-state index in [1.54, 1.807) is 77.6 Å². The van der Waals surface area contributed by atoms with Gasteiger partial charge in [0.1, 0.15) is 23.3 Å². The van der Waals surface area contributed by atoms with Gasteiger partial charge in [-0.2, -0.15) is 5.26 Å². The van der Waals surface area contributed by atoms with E-state index in [9.17, 15) is 4.79 Å². The topological polar surface area (TPSA) is 92.3 Å². The van der Waals surface area contributed by atoms with Crippen LogP contribution in [-0.4, -0.2) is 20.3 Å². The van der Waals surface area contributed by atoms with Gasteiger partial charge in [0.25, 0.3) is 5.91 Å². The van der Waals surface area contributed by atoms with Crippen molar-refractivity contribution in [2.75, 3.05) is 5.32 Å². The summed E-state index contributed by atoms with van der Waals surface area (Å²) in [6.45, 7) is 0. The molecule has 0 bridgehead atoms. The van der Waals surface area contributed by atoms with Crippen molar-refractivity contribution in [2.24, 2.45) is 0 Å². The number of nitrogens with one attached hydrogen (secondary N) is 1. The van der Waals surface area contributed by atoms with Gasteiger partial charge >= 0.3 is 0 Å². The fourth-order valence-corrected chi connectivity index (χ4v) is 2.52. The van der Waals surface area contributed by atoms with Gasteiger partial charge in [0.15, 0.2) is 0 Å². The molecule has 0 unspecified atom stereocenters. The predicted octanol–water partition coefficient (Wildman–Crippen LogP) is 3.65. The Hall–Kier alpha value is -4.18. The number of benzene rings is 2.